The SMILES string of the molecule is Cc1nc(CC2=CC(Cl)CC(C)(C)C2)cs1. The molecular weight excluding hydrogens is 238 g/mol. The second kappa shape index (κ2) is 4.50. The highest BCUT2D eigenvalue weighted by molar-refractivity contribution is 7.09. The Morgan fingerprint density at radius 3 is 2.88 bits per heavy atom. The normalized spacial score (nSPS) is 24.2. The van der Waals surface area contributed by atoms with Gasteiger partial charge in [0, 0.05) is 11.8 Å². The number of hydrogen-bond acceptors (Lipinski definition) is 2. The van der Waals surface area contributed by atoms with Crippen LogP contribution in [-0.4, -0.2) is 10.4 Å². The molecule has 0 spiro atoms. The molecule has 0 fully saturated rings. The van der Waals surface area contributed by atoms with Crippen molar-refractivity contribution in [2.75, 3.05) is 0 Å². The second-order valence-electron chi connectivity index (χ2n) is 5.42. The first-order chi connectivity index (χ1) is 7.44. The number of rotatable bonds is 2. The third kappa shape index (κ3) is 3.08. The van der Waals surface area contributed by atoms with E-state index in [0.717, 1.165) is 24.3 Å². The Labute approximate surface area is 107 Å². The minimum atomic E-state index is 0.193. The van der Waals surface area contributed by atoms with Crippen LogP contribution in [0.5, 0.6) is 0 Å². The van der Waals surface area contributed by atoms with E-state index in [0.29, 0.717) is 5.41 Å². The van der Waals surface area contributed by atoms with Gasteiger partial charge in [-0.25, -0.2) is 4.98 Å². The number of aryl methyl sites for hydroxylation is 1. The molecule has 1 nitrogen and oxygen atoms in total. The molecule has 0 saturated carbocycles. The fourth-order valence-corrected chi connectivity index (χ4v) is 3.64. The summed E-state index contributed by atoms with van der Waals surface area (Å²) in [4.78, 5) is 4.51. The molecule has 2 rings (SSSR count). The van der Waals surface area contributed by atoms with E-state index in [1.165, 1.54) is 11.3 Å². The van der Waals surface area contributed by atoms with Crippen molar-refractivity contribution in [3.63, 3.8) is 0 Å². The van der Waals surface area contributed by atoms with E-state index in [4.69, 9.17) is 11.6 Å². The fourth-order valence-electron chi connectivity index (χ4n) is 2.43. The monoisotopic (exact) mass is 255 g/mol. The molecule has 0 amide bonds. The van der Waals surface area contributed by atoms with Crippen LogP contribution in [0.1, 0.15) is 37.4 Å². The van der Waals surface area contributed by atoms with Crippen LogP contribution >= 0.6 is 22.9 Å². The Kier molecular flexibility index (Phi) is 3.41. The fraction of sp³-hybridized carbons (Fsp3) is 0.615. The third-order valence-electron chi connectivity index (χ3n) is 2.94. The van der Waals surface area contributed by atoms with Crippen molar-refractivity contribution in [1.29, 1.82) is 0 Å². The Balaban J connectivity index is 2.10. The first-order valence-electron chi connectivity index (χ1n) is 5.69. The average Bonchev–Trinajstić information content (AvgIpc) is 2.46. The summed E-state index contributed by atoms with van der Waals surface area (Å²) in [7, 11) is 0. The standard InChI is InChI=1S/C13H18ClNS/c1-9-15-12(8-16-9)5-10-4-11(14)7-13(2,3)6-10/h4,8,11H,5-7H2,1-3H3. The van der Waals surface area contributed by atoms with Gasteiger partial charge in [-0.05, 0) is 25.2 Å². The van der Waals surface area contributed by atoms with Gasteiger partial charge in [0.05, 0.1) is 16.1 Å². The van der Waals surface area contributed by atoms with Crippen LogP contribution in [0.3, 0.4) is 0 Å². The highest BCUT2D eigenvalue weighted by Crippen LogP contribution is 2.38. The molecule has 0 aromatic carbocycles. The van der Waals surface area contributed by atoms with E-state index < -0.39 is 0 Å². The summed E-state index contributed by atoms with van der Waals surface area (Å²) in [5, 5.41) is 3.49. The van der Waals surface area contributed by atoms with Crippen LogP contribution < -0.4 is 0 Å². The van der Waals surface area contributed by atoms with Crippen LogP contribution in [0, 0.1) is 12.3 Å². The van der Waals surface area contributed by atoms with Crippen molar-refractivity contribution in [3.8, 4) is 0 Å². The van der Waals surface area contributed by atoms with Gasteiger partial charge in [0.1, 0.15) is 0 Å². The Hall–Kier alpha value is -0.340. The number of nitrogens with zero attached hydrogens (tertiary/aromatic N) is 1. The van der Waals surface area contributed by atoms with Gasteiger partial charge in [-0.1, -0.05) is 25.5 Å². The molecule has 3 heteroatoms. The third-order valence-corrected chi connectivity index (χ3v) is 4.05. The van der Waals surface area contributed by atoms with Crippen molar-refractivity contribution in [2.24, 2.45) is 5.41 Å². The molecule has 1 aromatic rings. The van der Waals surface area contributed by atoms with Crippen molar-refractivity contribution in [2.45, 2.75) is 45.4 Å². The first kappa shape index (κ1) is 12.1. The van der Waals surface area contributed by atoms with Crippen LogP contribution in [0.2, 0.25) is 0 Å². The number of alkyl halides is 1. The zero-order chi connectivity index (χ0) is 11.8. The van der Waals surface area contributed by atoms with Gasteiger partial charge in [0.2, 0.25) is 0 Å². The lowest BCUT2D eigenvalue weighted by atomic mass is 9.76. The van der Waals surface area contributed by atoms with Gasteiger partial charge in [0.25, 0.3) is 0 Å². The van der Waals surface area contributed by atoms with Crippen LogP contribution in [-0.2, 0) is 6.42 Å². The molecular formula is C13H18ClNS. The first-order valence-corrected chi connectivity index (χ1v) is 7.01. The lowest BCUT2D eigenvalue weighted by Gasteiger charge is -2.32. The summed E-state index contributed by atoms with van der Waals surface area (Å²) in [6.07, 6.45) is 5.42. The van der Waals surface area contributed by atoms with E-state index in [1.807, 2.05) is 0 Å². The van der Waals surface area contributed by atoms with Gasteiger partial charge in [-0.15, -0.1) is 22.9 Å². The highest BCUT2D eigenvalue weighted by Gasteiger charge is 2.27. The van der Waals surface area contributed by atoms with E-state index in [9.17, 15) is 0 Å². The minimum Gasteiger partial charge on any atom is -0.246 e. The summed E-state index contributed by atoms with van der Waals surface area (Å²) >= 11 is 8.00. The average molecular weight is 256 g/mol. The molecule has 1 heterocycles. The van der Waals surface area contributed by atoms with Gasteiger partial charge in [-0.3, -0.25) is 0 Å². The molecule has 1 atom stereocenters. The lowest BCUT2D eigenvalue weighted by molar-refractivity contribution is 0.320. The molecule has 0 bridgehead atoms. The van der Waals surface area contributed by atoms with Crippen molar-refractivity contribution < 1.29 is 0 Å². The number of halogens is 1. The van der Waals surface area contributed by atoms with E-state index in [2.05, 4.69) is 37.2 Å². The molecule has 16 heavy (non-hydrogen) atoms. The van der Waals surface area contributed by atoms with E-state index in [-0.39, 0.29) is 5.38 Å². The smallest absolute Gasteiger partial charge is 0.0897 e. The number of allylic oxidation sites excluding steroid dienone is 2. The number of aromatic nitrogens is 1. The second-order valence-corrected chi connectivity index (χ2v) is 7.04. The number of hydrogen-bond donors (Lipinski definition) is 0. The molecule has 0 aliphatic heterocycles. The molecule has 88 valence electrons. The Bertz CT molecular complexity index is 406. The molecule has 0 N–H and O–H groups in total. The summed E-state index contributed by atoms with van der Waals surface area (Å²) in [6.45, 7) is 6.64. The lowest BCUT2D eigenvalue weighted by Crippen LogP contribution is -2.22. The highest BCUT2D eigenvalue weighted by atomic mass is 35.5. The largest absolute Gasteiger partial charge is 0.246 e. The summed E-state index contributed by atoms with van der Waals surface area (Å²) in [6, 6.07) is 0. The molecule has 1 aliphatic rings. The molecule has 1 unspecified atom stereocenters. The van der Waals surface area contributed by atoms with Crippen LogP contribution in [0.4, 0.5) is 0 Å². The molecule has 1 aromatic heterocycles. The quantitative estimate of drug-likeness (QED) is 0.566. The predicted octanol–water partition coefficient (Wildman–Crippen LogP) is 4.35. The van der Waals surface area contributed by atoms with Gasteiger partial charge < -0.3 is 0 Å². The maximum Gasteiger partial charge on any atom is 0.0897 e. The summed E-state index contributed by atoms with van der Waals surface area (Å²) < 4.78 is 0. The van der Waals surface area contributed by atoms with Gasteiger partial charge >= 0.3 is 0 Å². The van der Waals surface area contributed by atoms with Gasteiger partial charge in [-0.2, -0.15) is 0 Å². The predicted molar refractivity (Wildman–Crippen MR) is 71.3 cm³/mol. The zero-order valence-corrected chi connectivity index (χ0v) is 11.7. The Morgan fingerprint density at radius 1 is 1.56 bits per heavy atom. The Morgan fingerprint density at radius 2 is 2.31 bits per heavy atom. The molecule has 1 aliphatic carbocycles. The van der Waals surface area contributed by atoms with Crippen molar-refractivity contribution in [3.05, 3.63) is 27.7 Å². The summed E-state index contributed by atoms with van der Waals surface area (Å²) in [5.41, 5.74) is 2.97. The topological polar surface area (TPSA) is 12.9 Å². The minimum absolute atomic E-state index is 0.193. The number of thiazole rings is 1. The van der Waals surface area contributed by atoms with Crippen LogP contribution in [0.25, 0.3) is 0 Å². The molecule has 0 radical (unpaired) electrons. The molecule has 0 saturated heterocycles. The summed E-state index contributed by atoms with van der Waals surface area (Å²) in [5.74, 6) is 0. The zero-order valence-electron chi connectivity index (χ0n) is 10.1. The van der Waals surface area contributed by atoms with Crippen molar-refractivity contribution in [1.82, 2.24) is 4.98 Å². The van der Waals surface area contributed by atoms with E-state index in [1.54, 1.807) is 11.3 Å². The van der Waals surface area contributed by atoms with E-state index >= 15 is 0 Å². The van der Waals surface area contributed by atoms with Crippen molar-refractivity contribution >= 4 is 22.9 Å². The van der Waals surface area contributed by atoms with Gasteiger partial charge in [0.15, 0.2) is 0 Å². The maximum absolute atomic E-state index is 6.27. The maximum atomic E-state index is 6.27. The van der Waals surface area contributed by atoms with Crippen LogP contribution in [0.15, 0.2) is 17.0 Å².